The predicted molar refractivity (Wildman–Crippen MR) is 119 cm³/mol. The van der Waals surface area contributed by atoms with Gasteiger partial charge in [0.25, 0.3) is 0 Å². The lowest BCUT2D eigenvalue weighted by atomic mass is 9.97. The van der Waals surface area contributed by atoms with E-state index in [1.165, 1.54) is 20.3 Å². The maximum absolute atomic E-state index is 12.8. The van der Waals surface area contributed by atoms with Gasteiger partial charge in [0.2, 0.25) is 15.9 Å². The summed E-state index contributed by atoms with van der Waals surface area (Å²) in [6, 6.07) is 10.6. The highest BCUT2D eigenvalue weighted by atomic mass is 32.2. The Labute approximate surface area is 179 Å². The lowest BCUT2D eigenvalue weighted by Crippen LogP contribution is -2.41. The Morgan fingerprint density at radius 1 is 1.07 bits per heavy atom. The zero-order valence-corrected chi connectivity index (χ0v) is 19.2. The van der Waals surface area contributed by atoms with E-state index in [-0.39, 0.29) is 18.5 Å². The lowest BCUT2D eigenvalue weighted by Gasteiger charge is -2.25. The summed E-state index contributed by atoms with van der Waals surface area (Å²) >= 11 is 0. The Balaban J connectivity index is 2.27. The van der Waals surface area contributed by atoms with E-state index in [4.69, 9.17) is 9.47 Å². The molecule has 0 unspecified atom stereocenters. The molecule has 30 heavy (non-hydrogen) atoms. The minimum absolute atomic E-state index is 0.204. The molecule has 1 N–H and O–H groups in total. The van der Waals surface area contributed by atoms with Crippen LogP contribution < -0.4 is 19.1 Å². The zero-order chi connectivity index (χ0) is 22.5. The van der Waals surface area contributed by atoms with Crippen LogP contribution in [-0.2, 0) is 14.8 Å². The number of sulfonamides is 1. The molecule has 0 heterocycles. The van der Waals surface area contributed by atoms with Crippen molar-refractivity contribution in [1.82, 2.24) is 5.32 Å². The van der Waals surface area contributed by atoms with E-state index >= 15 is 0 Å². The van der Waals surface area contributed by atoms with E-state index in [1.54, 1.807) is 12.1 Å². The molecule has 0 bridgehead atoms. The highest BCUT2D eigenvalue weighted by Crippen LogP contribution is 2.32. The van der Waals surface area contributed by atoms with Crippen molar-refractivity contribution in [2.75, 3.05) is 31.3 Å². The average molecular weight is 435 g/mol. The summed E-state index contributed by atoms with van der Waals surface area (Å²) in [6.07, 6.45) is 1.75. The van der Waals surface area contributed by atoms with Gasteiger partial charge in [-0.3, -0.25) is 9.10 Å². The standard InChI is InChI=1S/C22H30N2O5S/c1-7-19(18-10-8-15(2)12-16(18)3)23-22(25)14-24(30(6,26)27)17-9-11-20(28-4)21(13-17)29-5/h8-13,19H,7,14H2,1-6H3,(H,23,25)/t19-/m1/s1. The molecule has 0 saturated heterocycles. The highest BCUT2D eigenvalue weighted by molar-refractivity contribution is 7.92. The molecule has 2 aromatic rings. The second-order valence-electron chi connectivity index (χ2n) is 7.20. The van der Waals surface area contributed by atoms with Crippen LogP contribution in [0.2, 0.25) is 0 Å². The molecule has 2 rings (SSSR count). The van der Waals surface area contributed by atoms with Crippen molar-refractivity contribution >= 4 is 21.6 Å². The fourth-order valence-electron chi connectivity index (χ4n) is 3.37. The topological polar surface area (TPSA) is 84.9 Å². The number of ether oxygens (including phenoxy) is 2. The minimum Gasteiger partial charge on any atom is -0.493 e. The molecule has 0 aliphatic rings. The lowest BCUT2D eigenvalue weighted by molar-refractivity contribution is -0.120. The average Bonchev–Trinajstić information content (AvgIpc) is 2.69. The predicted octanol–water partition coefficient (Wildman–Crippen LogP) is 3.35. The molecule has 0 fully saturated rings. The third-order valence-corrected chi connectivity index (χ3v) is 6.03. The van der Waals surface area contributed by atoms with E-state index in [0.29, 0.717) is 23.6 Å². The Kier molecular flexibility index (Phi) is 7.72. The van der Waals surface area contributed by atoms with Crippen LogP contribution in [0.5, 0.6) is 11.5 Å². The second-order valence-corrected chi connectivity index (χ2v) is 9.10. The number of nitrogens with one attached hydrogen (secondary N) is 1. The van der Waals surface area contributed by atoms with Gasteiger partial charge < -0.3 is 14.8 Å². The van der Waals surface area contributed by atoms with E-state index in [0.717, 1.165) is 27.3 Å². The first-order chi connectivity index (χ1) is 14.1. The first kappa shape index (κ1) is 23.5. The Morgan fingerprint density at radius 2 is 1.73 bits per heavy atom. The number of aryl methyl sites for hydroxylation is 2. The molecule has 0 aliphatic heterocycles. The molecule has 0 spiro atoms. The van der Waals surface area contributed by atoms with Crippen molar-refractivity contribution in [3.8, 4) is 11.5 Å². The number of methoxy groups -OCH3 is 2. The molecule has 8 heteroatoms. The van der Waals surface area contributed by atoms with Crippen LogP contribution in [0.25, 0.3) is 0 Å². The normalized spacial score (nSPS) is 12.2. The van der Waals surface area contributed by atoms with Crippen molar-refractivity contribution in [3.05, 3.63) is 53.1 Å². The number of benzene rings is 2. The summed E-state index contributed by atoms with van der Waals surface area (Å²) in [7, 11) is -0.738. The summed E-state index contributed by atoms with van der Waals surface area (Å²) in [6.45, 7) is 5.66. The van der Waals surface area contributed by atoms with Gasteiger partial charge in [-0.25, -0.2) is 8.42 Å². The van der Waals surface area contributed by atoms with Gasteiger partial charge >= 0.3 is 0 Å². The van der Waals surface area contributed by atoms with Gasteiger partial charge in [0.15, 0.2) is 11.5 Å². The van der Waals surface area contributed by atoms with Gasteiger partial charge in [-0.1, -0.05) is 30.7 Å². The quantitative estimate of drug-likeness (QED) is 0.654. The van der Waals surface area contributed by atoms with Crippen molar-refractivity contribution in [3.63, 3.8) is 0 Å². The minimum atomic E-state index is -3.70. The van der Waals surface area contributed by atoms with E-state index < -0.39 is 10.0 Å². The van der Waals surface area contributed by atoms with Gasteiger partial charge in [0, 0.05) is 6.07 Å². The molecule has 0 saturated carbocycles. The number of hydrogen-bond acceptors (Lipinski definition) is 5. The van der Waals surface area contributed by atoms with Crippen molar-refractivity contribution < 1.29 is 22.7 Å². The van der Waals surface area contributed by atoms with Gasteiger partial charge in [-0.15, -0.1) is 0 Å². The third kappa shape index (κ3) is 5.66. The van der Waals surface area contributed by atoms with Crippen LogP contribution in [0.3, 0.4) is 0 Å². The Morgan fingerprint density at radius 3 is 2.27 bits per heavy atom. The molecule has 2 aromatic carbocycles. The van der Waals surface area contributed by atoms with Crippen molar-refractivity contribution in [2.24, 2.45) is 0 Å². The smallest absolute Gasteiger partial charge is 0.241 e. The number of amides is 1. The first-order valence-corrected chi connectivity index (χ1v) is 11.5. The van der Waals surface area contributed by atoms with E-state index in [1.807, 2.05) is 32.9 Å². The fraction of sp³-hybridized carbons (Fsp3) is 0.409. The molecular formula is C22H30N2O5S. The second kappa shape index (κ2) is 9.84. The number of carbonyl (C=O) groups excluding carboxylic acids is 1. The summed E-state index contributed by atoms with van der Waals surface area (Å²) in [5.74, 6) is 0.466. The molecule has 164 valence electrons. The highest BCUT2D eigenvalue weighted by Gasteiger charge is 2.24. The molecular weight excluding hydrogens is 404 g/mol. The first-order valence-electron chi connectivity index (χ1n) is 9.67. The molecule has 0 aromatic heterocycles. The molecule has 0 aliphatic carbocycles. The van der Waals surface area contributed by atoms with E-state index in [2.05, 4.69) is 11.4 Å². The maximum atomic E-state index is 12.8. The van der Waals surface area contributed by atoms with Crippen LogP contribution in [0.15, 0.2) is 36.4 Å². The summed E-state index contributed by atoms with van der Waals surface area (Å²) < 4.78 is 36.3. The van der Waals surface area contributed by atoms with Crippen LogP contribution in [0, 0.1) is 13.8 Å². The Hall–Kier alpha value is -2.74. The van der Waals surface area contributed by atoms with Crippen molar-refractivity contribution in [2.45, 2.75) is 33.2 Å². The van der Waals surface area contributed by atoms with Crippen LogP contribution in [-0.4, -0.2) is 41.3 Å². The number of rotatable bonds is 9. The van der Waals surface area contributed by atoms with Gasteiger partial charge in [0.05, 0.1) is 32.2 Å². The fourth-order valence-corrected chi connectivity index (χ4v) is 4.22. The van der Waals surface area contributed by atoms with Crippen molar-refractivity contribution in [1.29, 1.82) is 0 Å². The number of hydrogen-bond donors (Lipinski definition) is 1. The van der Waals surface area contributed by atoms with E-state index in [9.17, 15) is 13.2 Å². The monoisotopic (exact) mass is 434 g/mol. The van der Waals surface area contributed by atoms with Crippen LogP contribution >= 0.6 is 0 Å². The summed E-state index contributed by atoms with van der Waals surface area (Å²) in [4.78, 5) is 12.8. The third-order valence-electron chi connectivity index (χ3n) is 4.89. The zero-order valence-electron chi connectivity index (χ0n) is 18.4. The molecule has 1 atom stereocenters. The van der Waals surface area contributed by atoms with Crippen LogP contribution in [0.4, 0.5) is 5.69 Å². The Bertz CT molecular complexity index is 1000. The molecule has 1 amide bonds. The summed E-state index contributed by atoms with van der Waals surface area (Å²) in [5.41, 5.74) is 3.58. The number of nitrogens with zero attached hydrogens (tertiary/aromatic N) is 1. The SMILES string of the molecule is CC[C@@H](NC(=O)CN(c1ccc(OC)c(OC)c1)S(C)(=O)=O)c1ccc(C)cc1C. The number of carbonyl (C=O) groups is 1. The summed E-state index contributed by atoms with van der Waals surface area (Å²) in [5, 5.41) is 2.97. The molecule has 7 nitrogen and oxygen atoms in total. The van der Waals surface area contributed by atoms with Gasteiger partial charge in [0.1, 0.15) is 6.54 Å². The maximum Gasteiger partial charge on any atom is 0.241 e. The largest absolute Gasteiger partial charge is 0.493 e. The number of anilines is 1. The van der Waals surface area contributed by atoms with Gasteiger partial charge in [-0.2, -0.15) is 0 Å². The van der Waals surface area contributed by atoms with Gasteiger partial charge in [-0.05, 0) is 43.5 Å². The molecule has 0 radical (unpaired) electrons. The van der Waals surface area contributed by atoms with Crippen LogP contribution in [0.1, 0.15) is 36.1 Å².